The van der Waals surface area contributed by atoms with Gasteiger partial charge in [0.25, 0.3) is 0 Å². The molecular formula is C24H17F6N7. The summed E-state index contributed by atoms with van der Waals surface area (Å²) >= 11 is 0. The molecule has 0 spiro atoms. The van der Waals surface area contributed by atoms with Crippen LogP contribution in [0.3, 0.4) is 0 Å². The van der Waals surface area contributed by atoms with Crippen LogP contribution in [0.2, 0.25) is 0 Å². The molecule has 0 atom stereocenters. The highest BCUT2D eigenvalue weighted by molar-refractivity contribution is 5.65. The van der Waals surface area contributed by atoms with Crippen LogP contribution in [0, 0.1) is 6.92 Å². The Morgan fingerprint density at radius 1 is 0.811 bits per heavy atom. The fourth-order valence-corrected chi connectivity index (χ4v) is 3.59. The second-order valence-electron chi connectivity index (χ2n) is 8.44. The first-order valence-electron chi connectivity index (χ1n) is 11.1. The largest absolute Gasteiger partial charge is 0.433 e. The molecule has 1 aliphatic carbocycles. The molecule has 0 aliphatic heterocycles. The van der Waals surface area contributed by atoms with E-state index in [1.54, 1.807) is 13.1 Å². The van der Waals surface area contributed by atoms with Crippen LogP contribution in [0.5, 0.6) is 0 Å². The van der Waals surface area contributed by atoms with Crippen molar-refractivity contribution in [2.24, 2.45) is 0 Å². The molecule has 7 nitrogen and oxygen atoms in total. The predicted molar refractivity (Wildman–Crippen MR) is 121 cm³/mol. The summed E-state index contributed by atoms with van der Waals surface area (Å²) in [5.41, 5.74) is -0.428. The second kappa shape index (κ2) is 9.05. The van der Waals surface area contributed by atoms with Gasteiger partial charge in [0.15, 0.2) is 11.6 Å². The summed E-state index contributed by atoms with van der Waals surface area (Å²) in [6.07, 6.45) is -4.63. The second-order valence-corrected chi connectivity index (χ2v) is 8.44. The number of nitrogens with zero attached hydrogens (tertiary/aromatic N) is 6. The van der Waals surface area contributed by atoms with Gasteiger partial charge in [0.1, 0.15) is 17.1 Å². The zero-order valence-corrected chi connectivity index (χ0v) is 19.1. The molecule has 0 unspecified atom stereocenters. The van der Waals surface area contributed by atoms with Crippen molar-refractivity contribution in [2.75, 3.05) is 5.32 Å². The first-order valence-corrected chi connectivity index (χ1v) is 11.1. The molecule has 1 N–H and O–H groups in total. The highest BCUT2D eigenvalue weighted by Crippen LogP contribution is 2.41. The molecule has 0 radical (unpaired) electrons. The fraction of sp³-hybridized carbons (Fsp3) is 0.250. The van der Waals surface area contributed by atoms with Crippen LogP contribution >= 0.6 is 0 Å². The number of hydrogen-bond donors (Lipinski definition) is 1. The number of hydrogen-bond acceptors (Lipinski definition) is 7. The van der Waals surface area contributed by atoms with Crippen molar-refractivity contribution < 1.29 is 26.3 Å². The first-order chi connectivity index (χ1) is 17.5. The molecule has 4 aromatic rings. The standard InChI is InChI=1S/C24H17F6N7/c1-12-16(9-14(11-32-12)13-5-6-13)20-35-21(17-3-2-4-18(34-17)23(25,26)27)37-22(36-20)33-15-7-8-31-19(10-15)24(28,29)30/h2-4,7-11,13H,5-6H2,1H3,(H,31,33,35,36,37). The van der Waals surface area contributed by atoms with Crippen molar-refractivity contribution >= 4 is 11.6 Å². The van der Waals surface area contributed by atoms with Gasteiger partial charge in [-0.2, -0.15) is 36.3 Å². The van der Waals surface area contributed by atoms with Gasteiger partial charge < -0.3 is 5.32 Å². The third kappa shape index (κ3) is 5.49. The predicted octanol–water partition coefficient (Wildman–Crippen LogP) is 6.36. The minimum absolute atomic E-state index is 0.0241. The van der Waals surface area contributed by atoms with Gasteiger partial charge in [-0.3, -0.25) is 9.97 Å². The van der Waals surface area contributed by atoms with Crippen LogP contribution < -0.4 is 5.32 Å². The van der Waals surface area contributed by atoms with Crippen molar-refractivity contribution in [2.45, 2.75) is 38.0 Å². The van der Waals surface area contributed by atoms with Crippen molar-refractivity contribution in [3.8, 4) is 22.9 Å². The molecule has 5 rings (SSSR count). The van der Waals surface area contributed by atoms with E-state index in [9.17, 15) is 26.3 Å². The Morgan fingerprint density at radius 2 is 1.54 bits per heavy atom. The van der Waals surface area contributed by atoms with Crippen LogP contribution in [0.1, 0.15) is 41.4 Å². The summed E-state index contributed by atoms with van der Waals surface area (Å²) in [7, 11) is 0. The molecule has 0 aromatic carbocycles. The lowest BCUT2D eigenvalue weighted by atomic mass is 10.1. The van der Waals surface area contributed by atoms with E-state index >= 15 is 0 Å². The average Bonchev–Trinajstić information content (AvgIpc) is 3.69. The minimum Gasteiger partial charge on any atom is -0.324 e. The summed E-state index contributed by atoms with van der Waals surface area (Å²) < 4.78 is 79.2. The zero-order valence-electron chi connectivity index (χ0n) is 19.1. The van der Waals surface area contributed by atoms with E-state index in [0.717, 1.165) is 36.7 Å². The number of anilines is 2. The number of halogens is 6. The van der Waals surface area contributed by atoms with Crippen molar-refractivity contribution in [1.82, 2.24) is 29.9 Å². The lowest BCUT2D eigenvalue weighted by Gasteiger charge is -2.13. The Morgan fingerprint density at radius 3 is 2.24 bits per heavy atom. The molecule has 37 heavy (non-hydrogen) atoms. The Balaban J connectivity index is 1.63. The van der Waals surface area contributed by atoms with Crippen molar-refractivity contribution in [1.29, 1.82) is 0 Å². The molecule has 0 saturated heterocycles. The molecule has 1 fully saturated rings. The summed E-state index contributed by atoms with van der Waals surface area (Å²) in [5.74, 6) is 0.0625. The van der Waals surface area contributed by atoms with E-state index in [4.69, 9.17) is 0 Å². The first kappa shape index (κ1) is 24.5. The van der Waals surface area contributed by atoms with E-state index in [1.807, 2.05) is 6.07 Å². The van der Waals surface area contributed by atoms with Crippen LogP contribution in [0.4, 0.5) is 38.0 Å². The number of alkyl halides is 6. The summed E-state index contributed by atoms with van der Waals surface area (Å²) in [6, 6.07) is 7.19. The smallest absolute Gasteiger partial charge is 0.324 e. The maximum atomic E-state index is 13.3. The van der Waals surface area contributed by atoms with Gasteiger partial charge in [-0.25, -0.2) is 9.97 Å². The van der Waals surface area contributed by atoms with Crippen LogP contribution in [0.15, 0.2) is 48.8 Å². The molecule has 1 saturated carbocycles. The van der Waals surface area contributed by atoms with Gasteiger partial charge in [0, 0.05) is 29.3 Å². The topological polar surface area (TPSA) is 89.4 Å². The highest BCUT2D eigenvalue weighted by Gasteiger charge is 2.34. The Bertz CT molecular complexity index is 1460. The van der Waals surface area contributed by atoms with Gasteiger partial charge in [-0.1, -0.05) is 6.07 Å². The zero-order chi connectivity index (χ0) is 26.4. The van der Waals surface area contributed by atoms with E-state index < -0.39 is 23.7 Å². The van der Waals surface area contributed by atoms with Gasteiger partial charge in [-0.15, -0.1) is 0 Å². The number of aromatic nitrogens is 6. The van der Waals surface area contributed by atoms with E-state index in [0.29, 0.717) is 17.2 Å². The summed E-state index contributed by atoms with van der Waals surface area (Å²) in [6.45, 7) is 1.73. The van der Waals surface area contributed by atoms with E-state index in [2.05, 4.69) is 35.2 Å². The van der Waals surface area contributed by atoms with Gasteiger partial charge in [-0.05, 0) is 61.6 Å². The molecule has 4 heterocycles. The SMILES string of the molecule is Cc1ncc(C2CC2)cc1-c1nc(Nc2ccnc(C(F)(F)F)c2)nc(-c2cccc(C(F)(F)F)n2)n1. The maximum Gasteiger partial charge on any atom is 0.433 e. The third-order valence-corrected chi connectivity index (χ3v) is 5.61. The van der Waals surface area contributed by atoms with Gasteiger partial charge in [0.2, 0.25) is 5.95 Å². The normalized spacial score (nSPS) is 14.0. The number of pyridine rings is 3. The van der Waals surface area contributed by atoms with Crippen LogP contribution in [-0.2, 0) is 12.4 Å². The van der Waals surface area contributed by atoms with Crippen molar-refractivity contribution in [3.05, 3.63) is 71.4 Å². The van der Waals surface area contributed by atoms with Gasteiger partial charge in [0.05, 0.1) is 0 Å². The third-order valence-electron chi connectivity index (χ3n) is 5.61. The Kier molecular flexibility index (Phi) is 6.00. The molecule has 0 amide bonds. The van der Waals surface area contributed by atoms with Crippen LogP contribution in [0.25, 0.3) is 22.9 Å². The molecule has 4 aromatic heterocycles. The number of rotatable bonds is 5. The molecule has 0 bridgehead atoms. The lowest BCUT2D eigenvalue weighted by molar-refractivity contribution is -0.141. The fourth-order valence-electron chi connectivity index (χ4n) is 3.59. The Hall–Kier alpha value is -4.16. The monoisotopic (exact) mass is 517 g/mol. The molecular weight excluding hydrogens is 500 g/mol. The minimum atomic E-state index is -4.70. The summed E-state index contributed by atoms with van der Waals surface area (Å²) in [5, 5.41) is 2.68. The summed E-state index contributed by atoms with van der Waals surface area (Å²) in [4.78, 5) is 24.2. The highest BCUT2D eigenvalue weighted by atomic mass is 19.4. The molecule has 190 valence electrons. The van der Waals surface area contributed by atoms with Gasteiger partial charge >= 0.3 is 12.4 Å². The molecule has 1 aliphatic rings. The molecule has 13 heteroatoms. The Labute approximate surface area is 206 Å². The maximum absolute atomic E-state index is 13.3. The number of aryl methyl sites for hydroxylation is 1. The average molecular weight is 517 g/mol. The lowest BCUT2D eigenvalue weighted by Crippen LogP contribution is -2.10. The van der Waals surface area contributed by atoms with Crippen molar-refractivity contribution in [3.63, 3.8) is 0 Å². The number of nitrogens with one attached hydrogen (secondary N) is 1. The van der Waals surface area contributed by atoms with Crippen LogP contribution in [-0.4, -0.2) is 29.9 Å². The van der Waals surface area contributed by atoms with E-state index in [-0.39, 0.29) is 29.0 Å². The quantitative estimate of drug-likeness (QED) is 0.308. The van der Waals surface area contributed by atoms with E-state index in [1.165, 1.54) is 18.2 Å².